The normalized spacial score (nSPS) is 13.1. The van der Waals surface area contributed by atoms with Gasteiger partial charge in [0.15, 0.2) is 0 Å². The summed E-state index contributed by atoms with van der Waals surface area (Å²) < 4.78 is 5.29. The number of rotatable bonds is 3. The van der Waals surface area contributed by atoms with Gasteiger partial charge in [-0.2, -0.15) is 0 Å². The lowest BCUT2D eigenvalue weighted by Crippen LogP contribution is -2.36. The summed E-state index contributed by atoms with van der Waals surface area (Å²) in [6, 6.07) is 13.3. The van der Waals surface area contributed by atoms with Gasteiger partial charge < -0.3 is 9.73 Å². The number of anilines is 1. The first-order valence-electron chi connectivity index (χ1n) is 5.69. The van der Waals surface area contributed by atoms with Gasteiger partial charge in [0.05, 0.1) is 6.26 Å². The first kappa shape index (κ1) is 12.2. The molecule has 5 heteroatoms. The van der Waals surface area contributed by atoms with E-state index in [1.807, 2.05) is 49.4 Å². The Morgan fingerprint density at radius 3 is 2.61 bits per heavy atom. The van der Waals surface area contributed by atoms with Crippen LogP contribution < -0.4 is 16.6 Å². The third-order valence-electron chi connectivity index (χ3n) is 2.45. The van der Waals surface area contributed by atoms with Crippen molar-refractivity contribution in [3.8, 4) is 0 Å². The van der Waals surface area contributed by atoms with Gasteiger partial charge in [-0.1, -0.05) is 18.2 Å². The lowest BCUT2D eigenvalue weighted by atomic mass is 10.3. The van der Waals surface area contributed by atoms with Crippen molar-refractivity contribution in [2.24, 2.45) is 10.8 Å². The molecule has 0 aliphatic rings. The second kappa shape index (κ2) is 5.88. The summed E-state index contributed by atoms with van der Waals surface area (Å²) in [4.78, 5) is 4.41. The van der Waals surface area contributed by atoms with Crippen molar-refractivity contribution < 1.29 is 4.42 Å². The number of benzene rings is 1. The minimum Gasteiger partial charge on any atom is -0.467 e. The molecule has 4 N–H and O–H groups in total. The third-order valence-corrected chi connectivity index (χ3v) is 2.45. The highest BCUT2D eigenvalue weighted by molar-refractivity contribution is 5.93. The molecule has 5 nitrogen and oxygen atoms in total. The van der Waals surface area contributed by atoms with E-state index in [4.69, 9.17) is 10.3 Å². The van der Waals surface area contributed by atoms with E-state index in [-0.39, 0.29) is 6.04 Å². The van der Waals surface area contributed by atoms with E-state index in [2.05, 4.69) is 15.7 Å². The molecule has 94 valence electrons. The van der Waals surface area contributed by atoms with Gasteiger partial charge in [0.25, 0.3) is 0 Å². The molecule has 0 fully saturated rings. The molecular formula is C13H16N4O. The number of aliphatic imine (C=N–C) groups is 1. The van der Waals surface area contributed by atoms with E-state index >= 15 is 0 Å². The number of hydrazine groups is 1. The van der Waals surface area contributed by atoms with Crippen LogP contribution in [0.2, 0.25) is 0 Å². The molecule has 0 saturated heterocycles. The molecule has 0 saturated carbocycles. The summed E-state index contributed by atoms with van der Waals surface area (Å²) in [6.07, 6.45) is 1.63. The standard InChI is InChI=1S/C13H16N4O/c1-10(12-8-5-9-18-12)15-13(17-14)16-11-6-3-2-4-7-11/h2-10H,14H2,1H3,(H2,15,16,17). The first-order valence-corrected chi connectivity index (χ1v) is 5.69. The van der Waals surface area contributed by atoms with Crippen molar-refractivity contribution in [3.05, 3.63) is 54.5 Å². The SMILES string of the molecule is CC(N=C(NN)Nc1ccccc1)c1ccco1. The van der Waals surface area contributed by atoms with Crippen LogP contribution in [0, 0.1) is 0 Å². The minimum absolute atomic E-state index is 0.109. The van der Waals surface area contributed by atoms with Crippen LogP contribution in [0.4, 0.5) is 5.69 Å². The zero-order chi connectivity index (χ0) is 12.8. The predicted molar refractivity (Wildman–Crippen MR) is 71.9 cm³/mol. The van der Waals surface area contributed by atoms with Crippen molar-refractivity contribution in [1.82, 2.24) is 5.43 Å². The molecule has 2 aromatic rings. The summed E-state index contributed by atoms with van der Waals surface area (Å²) >= 11 is 0. The highest BCUT2D eigenvalue weighted by Gasteiger charge is 2.08. The first-order chi connectivity index (χ1) is 8.79. The molecule has 1 unspecified atom stereocenters. The molecule has 1 aromatic carbocycles. The van der Waals surface area contributed by atoms with Gasteiger partial charge in [0.2, 0.25) is 5.96 Å². The fourth-order valence-corrected chi connectivity index (χ4v) is 1.55. The van der Waals surface area contributed by atoms with Crippen LogP contribution in [0.1, 0.15) is 18.7 Å². The van der Waals surface area contributed by atoms with Gasteiger partial charge in [-0.3, -0.25) is 5.43 Å². The van der Waals surface area contributed by atoms with Crippen molar-refractivity contribution in [2.45, 2.75) is 13.0 Å². The molecule has 1 atom stereocenters. The van der Waals surface area contributed by atoms with Crippen molar-refractivity contribution in [3.63, 3.8) is 0 Å². The molecule has 0 amide bonds. The number of hydrogen-bond acceptors (Lipinski definition) is 3. The molecule has 0 aliphatic carbocycles. The Labute approximate surface area is 106 Å². The number of nitrogens with zero attached hydrogens (tertiary/aromatic N) is 1. The quantitative estimate of drug-likeness (QED) is 0.335. The molecule has 0 aliphatic heterocycles. The molecule has 2 rings (SSSR count). The molecule has 1 heterocycles. The Hall–Kier alpha value is -2.27. The molecule has 0 radical (unpaired) electrons. The topological polar surface area (TPSA) is 75.6 Å². The average molecular weight is 244 g/mol. The second-order valence-corrected chi connectivity index (χ2v) is 3.80. The Bertz CT molecular complexity index is 493. The number of guanidine groups is 1. The molecule has 18 heavy (non-hydrogen) atoms. The summed E-state index contributed by atoms with van der Waals surface area (Å²) in [5.74, 6) is 6.73. The van der Waals surface area contributed by atoms with E-state index in [1.54, 1.807) is 6.26 Å². The van der Waals surface area contributed by atoms with Crippen molar-refractivity contribution >= 4 is 11.6 Å². The minimum atomic E-state index is -0.109. The maximum Gasteiger partial charge on any atom is 0.210 e. The number of nitrogens with two attached hydrogens (primary N) is 1. The van der Waals surface area contributed by atoms with Gasteiger partial charge in [-0.15, -0.1) is 0 Å². The smallest absolute Gasteiger partial charge is 0.210 e. The van der Waals surface area contributed by atoms with E-state index < -0.39 is 0 Å². The van der Waals surface area contributed by atoms with E-state index in [0.29, 0.717) is 5.96 Å². The third kappa shape index (κ3) is 3.11. The molecule has 1 aromatic heterocycles. The Kier molecular flexibility index (Phi) is 3.98. The maximum absolute atomic E-state index is 5.45. The van der Waals surface area contributed by atoms with E-state index in [0.717, 1.165) is 11.4 Å². The summed E-state index contributed by atoms with van der Waals surface area (Å²) in [7, 11) is 0. The number of nitrogens with one attached hydrogen (secondary N) is 2. The summed E-state index contributed by atoms with van der Waals surface area (Å²) in [5, 5.41) is 3.09. The fraction of sp³-hybridized carbons (Fsp3) is 0.154. The van der Waals surface area contributed by atoms with Crippen LogP contribution in [-0.2, 0) is 0 Å². The summed E-state index contributed by atoms with van der Waals surface area (Å²) in [5.41, 5.74) is 3.46. The van der Waals surface area contributed by atoms with Crippen molar-refractivity contribution in [2.75, 3.05) is 5.32 Å². The van der Waals surface area contributed by atoms with Crippen molar-refractivity contribution in [1.29, 1.82) is 0 Å². The highest BCUT2D eigenvalue weighted by Crippen LogP contribution is 2.16. The zero-order valence-electron chi connectivity index (χ0n) is 10.1. The van der Waals surface area contributed by atoms with Crippen LogP contribution in [-0.4, -0.2) is 5.96 Å². The van der Waals surface area contributed by atoms with E-state index in [1.165, 1.54) is 0 Å². The van der Waals surface area contributed by atoms with Gasteiger partial charge in [-0.05, 0) is 31.2 Å². The Morgan fingerprint density at radius 2 is 2.00 bits per heavy atom. The second-order valence-electron chi connectivity index (χ2n) is 3.80. The van der Waals surface area contributed by atoms with Crippen LogP contribution >= 0.6 is 0 Å². The molecule has 0 spiro atoms. The molecular weight excluding hydrogens is 228 g/mol. The van der Waals surface area contributed by atoms with Crippen LogP contribution in [0.3, 0.4) is 0 Å². The lowest BCUT2D eigenvalue weighted by molar-refractivity contribution is 0.480. The van der Waals surface area contributed by atoms with Crippen LogP contribution in [0.5, 0.6) is 0 Å². The maximum atomic E-state index is 5.45. The Morgan fingerprint density at radius 1 is 1.22 bits per heavy atom. The van der Waals surface area contributed by atoms with Gasteiger partial charge in [0.1, 0.15) is 11.8 Å². The number of hydrogen-bond donors (Lipinski definition) is 3. The predicted octanol–water partition coefficient (Wildman–Crippen LogP) is 2.27. The fourth-order valence-electron chi connectivity index (χ4n) is 1.55. The van der Waals surface area contributed by atoms with Gasteiger partial charge in [0, 0.05) is 5.69 Å². The molecule has 0 bridgehead atoms. The zero-order valence-corrected chi connectivity index (χ0v) is 10.1. The number of furan rings is 1. The average Bonchev–Trinajstić information content (AvgIpc) is 2.93. The van der Waals surface area contributed by atoms with Gasteiger partial charge in [-0.25, -0.2) is 10.8 Å². The van der Waals surface area contributed by atoms with E-state index in [9.17, 15) is 0 Å². The van der Waals surface area contributed by atoms with Crippen LogP contribution in [0.15, 0.2) is 58.1 Å². The monoisotopic (exact) mass is 244 g/mol. The summed E-state index contributed by atoms with van der Waals surface area (Å²) in [6.45, 7) is 1.93. The Balaban J connectivity index is 2.09. The highest BCUT2D eigenvalue weighted by atomic mass is 16.3. The lowest BCUT2D eigenvalue weighted by Gasteiger charge is -2.11. The largest absolute Gasteiger partial charge is 0.467 e. The van der Waals surface area contributed by atoms with Gasteiger partial charge >= 0.3 is 0 Å². The van der Waals surface area contributed by atoms with Crippen LogP contribution in [0.25, 0.3) is 0 Å². The number of para-hydroxylation sites is 1.